The van der Waals surface area contributed by atoms with Crippen LogP contribution in [-0.4, -0.2) is 29.8 Å². The van der Waals surface area contributed by atoms with Gasteiger partial charge in [-0.05, 0) is 44.7 Å². The van der Waals surface area contributed by atoms with E-state index in [0.717, 1.165) is 25.2 Å². The lowest BCUT2D eigenvalue weighted by molar-refractivity contribution is -0.124. The molecular weight excluding hydrogens is 210 g/mol. The number of carbonyl (C=O) groups excluding carboxylic acids is 1. The average molecular weight is 237 g/mol. The number of rotatable bonds is 3. The lowest BCUT2D eigenvalue weighted by atomic mass is 9.91. The maximum absolute atomic E-state index is 12.1. The van der Waals surface area contributed by atoms with E-state index in [4.69, 9.17) is 0 Å². The van der Waals surface area contributed by atoms with Crippen molar-refractivity contribution in [3.8, 4) is 0 Å². The lowest BCUT2D eigenvalue weighted by Crippen LogP contribution is -2.45. The fraction of sp³-hybridized carbons (Fsp3) is 0.933. The zero-order valence-corrected chi connectivity index (χ0v) is 11.3. The largest absolute Gasteiger partial charge is 0.298 e. The molecule has 2 nitrogen and oxygen atoms in total. The van der Waals surface area contributed by atoms with E-state index < -0.39 is 0 Å². The molecule has 1 atom stereocenters. The summed E-state index contributed by atoms with van der Waals surface area (Å²) in [6.45, 7) is 4.61. The first kappa shape index (κ1) is 13.1. The Morgan fingerprint density at radius 1 is 1.12 bits per heavy atom. The van der Waals surface area contributed by atoms with Gasteiger partial charge >= 0.3 is 0 Å². The summed E-state index contributed by atoms with van der Waals surface area (Å²) in [5.41, 5.74) is 0. The molecule has 1 aliphatic carbocycles. The van der Waals surface area contributed by atoms with Gasteiger partial charge < -0.3 is 0 Å². The molecule has 1 heterocycles. The topological polar surface area (TPSA) is 20.3 Å². The number of hydrogen-bond acceptors (Lipinski definition) is 2. The van der Waals surface area contributed by atoms with Crippen molar-refractivity contribution in [2.75, 3.05) is 13.1 Å². The van der Waals surface area contributed by atoms with Crippen LogP contribution in [0.1, 0.15) is 64.7 Å². The minimum absolute atomic E-state index is 0.278. The molecule has 17 heavy (non-hydrogen) atoms. The van der Waals surface area contributed by atoms with Crippen LogP contribution in [0, 0.1) is 5.92 Å². The summed E-state index contributed by atoms with van der Waals surface area (Å²) in [5, 5.41) is 0. The van der Waals surface area contributed by atoms with E-state index in [1.165, 1.54) is 51.6 Å². The van der Waals surface area contributed by atoms with Gasteiger partial charge in [-0.15, -0.1) is 0 Å². The molecule has 98 valence electrons. The van der Waals surface area contributed by atoms with Crippen LogP contribution < -0.4 is 0 Å². The summed E-state index contributed by atoms with van der Waals surface area (Å²) in [6.07, 6.45) is 10.9. The first-order valence-corrected chi connectivity index (χ1v) is 7.58. The lowest BCUT2D eigenvalue weighted by Gasteiger charge is -2.36. The molecule has 2 fully saturated rings. The van der Waals surface area contributed by atoms with E-state index in [1.807, 2.05) is 0 Å². The Balaban J connectivity index is 1.84. The summed E-state index contributed by atoms with van der Waals surface area (Å²) in [4.78, 5) is 14.6. The Kier molecular flexibility index (Phi) is 5.02. The molecule has 0 radical (unpaired) electrons. The van der Waals surface area contributed by atoms with Crippen LogP contribution in [0.25, 0.3) is 0 Å². The highest BCUT2D eigenvalue weighted by Gasteiger charge is 2.29. The summed E-state index contributed by atoms with van der Waals surface area (Å²) >= 11 is 0. The molecule has 1 aliphatic heterocycles. The third-order valence-electron chi connectivity index (χ3n) is 4.56. The van der Waals surface area contributed by atoms with E-state index in [2.05, 4.69) is 11.8 Å². The molecule has 0 aromatic heterocycles. The van der Waals surface area contributed by atoms with Gasteiger partial charge in [-0.25, -0.2) is 0 Å². The molecule has 0 N–H and O–H groups in total. The summed E-state index contributed by atoms with van der Waals surface area (Å²) in [5.74, 6) is 1.45. The number of Topliss-reactive ketones (excluding diaryl/α,β-unsaturated/α-hetero) is 1. The van der Waals surface area contributed by atoms with Gasteiger partial charge in [0.15, 0.2) is 0 Å². The van der Waals surface area contributed by atoms with Crippen molar-refractivity contribution in [2.45, 2.75) is 70.8 Å². The van der Waals surface area contributed by atoms with E-state index in [-0.39, 0.29) is 6.04 Å². The molecule has 1 saturated heterocycles. The zero-order valence-electron chi connectivity index (χ0n) is 11.3. The highest BCUT2D eigenvalue weighted by molar-refractivity contribution is 5.84. The third kappa shape index (κ3) is 3.54. The van der Waals surface area contributed by atoms with Gasteiger partial charge in [0.1, 0.15) is 5.78 Å². The SMILES string of the molecule is CCCC1CCN(C2CCCCCC2=O)CC1. The van der Waals surface area contributed by atoms with Crippen molar-refractivity contribution in [3.05, 3.63) is 0 Å². The minimum Gasteiger partial charge on any atom is -0.298 e. The Morgan fingerprint density at radius 2 is 1.88 bits per heavy atom. The van der Waals surface area contributed by atoms with Crippen molar-refractivity contribution in [1.29, 1.82) is 0 Å². The van der Waals surface area contributed by atoms with Crippen LogP contribution in [0.4, 0.5) is 0 Å². The molecule has 2 rings (SSSR count). The number of hydrogen-bond donors (Lipinski definition) is 0. The van der Waals surface area contributed by atoms with Crippen LogP contribution in [0.3, 0.4) is 0 Å². The van der Waals surface area contributed by atoms with Crippen LogP contribution in [0.5, 0.6) is 0 Å². The number of carbonyl (C=O) groups is 1. The molecule has 0 aromatic rings. The standard InChI is InChI=1S/C15H27NO/c1-2-6-13-9-11-16(12-10-13)14-7-4-3-5-8-15(14)17/h13-14H,2-12H2,1H3. The number of likely N-dealkylation sites (tertiary alicyclic amines) is 1. The third-order valence-corrected chi connectivity index (χ3v) is 4.56. The van der Waals surface area contributed by atoms with Crippen molar-refractivity contribution in [2.24, 2.45) is 5.92 Å². The molecule has 0 aromatic carbocycles. The zero-order chi connectivity index (χ0) is 12.1. The minimum atomic E-state index is 0.278. The van der Waals surface area contributed by atoms with Crippen LogP contribution >= 0.6 is 0 Å². The summed E-state index contributed by atoms with van der Waals surface area (Å²) in [6, 6.07) is 0.278. The van der Waals surface area contributed by atoms with Gasteiger partial charge in [0.05, 0.1) is 6.04 Å². The van der Waals surface area contributed by atoms with Gasteiger partial charge in [-0.1, -0.05) is 32.6 Å². The van der Waals surface area contributed by atoms with E-state index in [0.29, 0.717) is 5.78 Å². The Morgan fingerprint density at radius 3 is 2.59 bits per heavy atom. The van der Waals surface area contributed by atoms with Gasteiger partial charge in [-0.2, -0.15) is 0 Å². The molecule has 0 bridgehead atoms. The van der Waals surface area contributed by atoms with Gasteiger partial charge in [0.2, 0.25) is 0 Å². The normalized spacial score (nSPS) is 29.2. The quantitative estimate of drug-likeness (QED) is 0.701. The molecule has 1 unspecified atom stereocenters. The predicted octanol–water partition coefficient (Wildman–Crippen LogP) is 3.40. The molecule has 0 amide bonds. The number of piperidine rings is 1. The van der Waals surface area contributed by atoms with Crippen LogP contribution in [0.15, 0.2) is 0 Å². The van der Waals surface area contributed by atoms with Crippen molar-refractivity contribution in [3.63, 3.8) is 0 Å². The second-order valence-electron chi connectivity index (χ2n) is 5.85. The number of nitrogens with zero attached hydrogens (tertiary/aromatic N) is 1. The second-order valence-corrected chi connectivity index (χ2v) is 5.85. The fourth-order valence-corrected chi connectivity index (χ4v) is 3.49. The Labute approximate surface area is 106 Å². The maximum Gasteiger partial charge on any atom is 0.149 e. The molecule has 0 spiro atoms. The maximum atomic E-state index is 12.1. The molecule has 1 saturated carbocycles. The van der Waals surface area contributed by atoms with Crippen LogP contribution in [-0.2, 0) is 4.79 Å². The van der Waals surface area contributed by atoms with E-state index in [1.54, 1.807) is 0 Å². The molecule has 2 heteroatoms. The average Bonchev–Trinajstić information content (AvgIpc) is 2.56. The van der Waals surface area contributed by atoms with Gasteiger partial charge in [0.25, 0.3) is 0 Å². The fourth-order valence-electron chi connectivity index (χ4n) is 3.49. The second kappa shape index (κ2) is 6.53. The smallest absolute Gasteiger partial charge is 0.149 e. The Hall–Kier alpha value is -0.370. The van der Waals surface area contributed by atoms with E-state index in [9.17, 15) is 4.79 Å². The highest BCUT2D eigenvalue weighted by atomic mass is 16.1. The predicted molar refractivity (Wildman–Crippen MR) is 71.1 cm³/mol. The van der Waals surface area contributed by atoms with Gasteiger partial charge in [-0.3, -0.25) is 9.69 Å². The van der Waals surface area contributed by atoms with Crippen LogP contribution in [0.2, 0.25) is 0 Å². The monoisotopic (exact) mass is 237 g/mol. The molecular formula is C15H27NO. The van der Waals surface area contributed by atoms with Crippen molar-refractivity contribution < 1.29 is 4.79 Å². The first-order valence-electron chi connectivity index (χ1n) is 7.58. The van der Waals surface area contributed by atoms with E-state index >= 15 is 0 Å². The van der Waals surface area contributed by atoms with Gasteiger partial charge in [0, 0.05) is 6.42 Å². The number of ketones is 1. The summed E-state index contributed by atoms with van der Waals surface area (Å²) < 4.78 is 0. The summed E-state index contributed by atoms with van der Waals surface area (Å²) in [7, 11) is 0. The Bertz CT molecular complexity index is 243. The van der Waals surface area contributed by atoms with Crippen molar-refractivity contribution >= 4 is 5.78 Å². The highest BCUT2D eigenvalue weighted by Crippen LogP contribution is 2.26. The van der Waals surface area contributed by atoms with Crippen molar-refractivity contribution in [1.82, 2.24) is 4.90 Å². The first-order chi connectivity index (χ1) is 8.31. The molecule has 2 aliphatic rings.